The Morgan fingerprint density at radius 2 is 2.00 bits per heavy atom. The number of carbonyl (C=O) groups is 1. The molecule has 1 aromatic rings. The number of carbonyl (C=O) groups excluding carboxylic acids is 1. The Morgan fingerprint density at radius 3 is 2.74 bits per heavy atom. The van der Waals surface area contributed by atoms with E-state index in [4.69, 9.17) is 4.63 Å². The van der Waals surface area contributed by atoms with Gasteiger partial charge in [-0.15, -0.1) is 0 Å². The second-order valence-corrected chi connectivity index (χ2v) is 7.58. The summed E-state index contributed by atoms with van der Waals surface area (Å²) >= 11 is 0. The summed E-state index contributed by atoms with van der Waals surface area (Å²) in [5, 5.41) is 7.84. The molecular formula is C17H26N4O2. The van der Waals surface area contributed by atoms with Crippen LogP contribution in [0.4, 0.5) is 0 Å². The first-order valence-electron chi connectivity index (χ1n) is 8.99. The third kappa shape index (κ3) is 2.67. The van der Waals surface area contributed by atoms with Gasteiger partial charge in [0, 0.05) is 25.7 Å². The van der Waals surface area contributed by atoms with Crippen molar-refractivity contribution < 1.29 is 9.42 Å². The van der Waals surface area contributed by atoms with Gasteiger partial charge in [0.15, 0.2) is 0 Å². The Hall–Kier alpha value is -1.43. The van der Waals surface area contributed by atoms with Gasteiger partial charge >= 0.3 is 0 Å². The molecule has 126 valence electrons. The van der Waals surface area contributed by atoms with Gasteiger partial charge in [-0.3, -0.25) is 9.69 Å². The molecule has 2 aliphatic heterocycles. The third-order valence-corrected chi connectivity index (χ3v) is 6.09. The van der Waals surface area contributed by atoms with Gasteiger partial charge in [0.25, 0.3) is 0 Å². The first-order valence-corrected chi connectivity index (χ1v) is 8.99. The van der Waals surface area contributed by atoms with Crippen LogP contribution in [0.15, 0.2) is 4.63 Å². The van der Waals surface area contributed by atoms with E-state index in [-0.39, 0.29) is 5.41 Å². The number of aryl methyl sites for hydroxylation is 1. The monoisotopic (exact) mass is 318 g/mol. The van der Waals surface area contributed by atoms with Crippen LogP contribution in [0.5, 0.6) is 0 Å². The molecule has 2 saturated heterocycles. The Kier molecular flexibility index (Phi) is 3.87. The minimum absolute atomic E-state index is 0.147. The Balaban J connectivity index is 1.45. The summed E-state index contributed by atoms with van der Waals surface area (Å²) in [6.45, 7) is 5.47. The predicted octanol–water partition coefficient (Wildman–Crippen LogP) is 2.14. The van der Waals surface area contributed by atoms with E-state index in [1.807, 2.05) is 6.92 Å². The fourth-order valence-electron chi connectivity index (χ4n) is 4.74. The van der Waals surface area contributed by atoms with Gasteiger partial charge < -0.3 is 4.90 Å². The first kappa shape index (κ1) is 15.1. The summed E-state index contributed by atoms with van der Waals surface area (Å²) in [5.74, 6) is 0.424. The smallest absolute Gasteiger partial charge is 0.230 e. The number of amides is 1. The van der Waals surface area contributed by atoms with Crippen molar-refractivity contribution in [2.75, 3.05) is 19.6 Å². The highest BCUT2D eigenvalue weighted by atomic mass is 16.6. The van der Waals surface area contributed by atoms with Gasteiger partial charge in [-0.25, -0.2) is 4.63 Å². The minimum Gasteiger partial charge on any atom is -0.339 e. The number of rotatable bonds is 3. The Bertz CT molecular complexity index is 581. The molecule has 1 saturated carbocycles. The van der Waals surface area contributed by atoms with Crippen molar-refractivity contribution >= 4 is 5.91 Å². The van der Waals surface area contributed by atoms with Gasteiger partial charge in [0.2, 0.25) is 5.91 Å². The fourth-order valence-corrected chi connectivity index (χ4v) is 4.74. The van der Waals surface area contributed by atoms with Crippen LogP contribution in [0.2, 0.25) is 0 Å². The zero-order valence-electron chi connectivity index (χ0n) is 14.0. The van der Waals surface area contributed by atoms with Crippen LogP contribution in [-0.2, 0) is 11.3 Å². The van der Waals surface area contributed by atoms with Crippen molar-refractivity contribution in [2.45, 2.75) is 64.5 Å². The number of likely N-dealkylation sites (tertiary alicyclic amines) is 2. The quantitative estimate of drug-likeness (QED) is 0.854. The van der Waals surface area contributed by atoms with Gasteiger partial charge in [-0.2, -0.15) is 0 Å². The van der Waals surface area contributed by atoms with E-state index in [1.165, 1.54) is 25.7 Å². The lowest BCUT2D eigenvalue weighted by Crippen LogP contribution is -2.53. The van der Waals surface area contributed by atoms with Crippen molar-refractivity contribution in [1.82, 2.24) is 20.1 Å². The molecule has 6 heteroatoms. The predicted molar refractivity (Wildman–Crippen MR) is 84.6 cm³/mol. The zero-order valence-corrected chi connectivity index (χ0v) is 14.0. The zero-order chi connectivity index (χ0) is 15.9. The maximum absolute atomic E-state index is 13.2. The second-order valence-electron chi connectivity index (χ2n) is 7.58. The molecule has 0 radical (unpaired) electrons. The average Bonchev–Trinajstić information content (AvgIpc) is 3.27. The van der Waals surface area contributed by atoms with Crippen LogP contribution in [0.1, 0.15) is 56.3 Å². The molecule has 23 heavy (non-hydrogen) atoms. The molecule has 3 heterocycles. The van der Waals surface area contributed by atoms with Gasteiger partial charge in [-0.05, 0) is 45.6 Å². The van der Waals surface area contributed by atoms with Crippen molar-refractivity contribution in [3.63, 3.8) is 0 Å². The normalized spacial score (nSPS) is 30.0. The van der Waals surface area contributed by atoms with Crippen LogP contribution in [0.25, 0.3) is 0 Å². The molecule has 0 bridgehead atoms. The Labute approximate surface area is 137 Å². The summed E-state index contributed by atoms with van der Waals surface area (Å²) in [7, 11) is 0. The standard InChI is InChI=1S/C17H26N4O2/c1-13-15(19-23-18-13)11-20-10-8-17(12-20)7-4-9-21(16(17)22)14-5-2-3-6-14/h14H,2-12H2,1H3. The van der Waals surface area contributed by atoms with Crippen molar-refractivity contribution in [3.05, 3.63) is 11.4 Å². The van der Waals surface area contributed by atoms with Crippen LogP contribution < -0.4 is 0 Å². The molecular weight excluding hydrogens is 292 g/mol. The molecule has 1 amide bonds. The van der Waals surface area contributed by atoms with Gasteiger partial charge in [0.1, 0.15) is 11.4 Å². The van der Waals surface area contributed by atoms with E-state index in [0.717, 1.165) is 56.8 Å². The molecule has 0 N–H and O–H groups in total. The molecule has 1 aliphatic carbocycles. The molecule has 6 nitrogen and oxygen atoms in total. The van der Waals surface area contributed by atoms with E-state index < -0.39 is 0 Å². The fraction of sp³-hybridized carbons (Fsp3) is 0.824. The number of aromatic nitrogens is 2. The van der Waals surface area contributed by atoms with Crippen molar-refractivity contribution in [1.29, 1.82) is 0 Å². The highest BCUT2D eigenvalue weighted by Crippen LogP contribution is 2.42. The van der Waals surface area contributed by atoms with E-state index in [1.54, 1.807) is 0 Å². The summed E-state index contributed by atoms with van der Waals surface area (Å²) < 4.78 is 4.80. The molecule has 1 spiro atoms. The van der Waals surface area contributed by atoms with Crippen LogP contribution >= 0.6 is 0 Å². The molecule has 4 rings (SSSR count). The molecule has 1 unspecified atom stereocenters. The maximum atomic E-state index is 13.2. The van der Waals surface area contributed by atoms with Crippen molar-refractivity contribution in [3.8, 4) is 0 Å². The van der Waals surface area contributed by atoms with Crippen LogP contribution in [-0.4, -0.2) is 51.7 Å². The third-order valence-electron chi connectivity index (χ3n) is 6.09. The first-order chi connectivity index (χ1) is 11.2. The number of hydrogen-bond donors (Lipinski definition) is 0. The summed E-state index contributed by atoms with van der Waals surface area (Å²) in [5.41, 5.74) is 1.61. The summed E-state index contributed by atoms with van der Waals surface area (Å²) in [4.78, 5) is 17.8. The largest absolute Gasteiger partial charge is 0.339 e. The van der Waals surface area contributed by atoms with Gasteiger partial charge in [0.05, 0.1) is 5.41 Å². The van der Waals surface area contributed by atoms with E-state index in [0.29, 0.717) is 11.9 Å². The highest BCUT2D eigenvalue weighted by molar-refractivity contribution is 5.84. The lowest BCUT2D eigenvalue weighted by Gasteiger charge is -2.42. The van der Waals surface area contributed by atoms with E-state index in [2.05, 4.69) is 20.1 Å². The van der Waals surface area contributed by atoms with Crippen molar-refractivity contribution in [2.24, 2.45) is 5.41 Å². The molecule has 1 atom stereocenters. The molecule has 3 aliphatic rings. The van der Waals surface area contributed by atoms with E-state index in [9.17, 15) is 4.79 Å². The summed E-state index contributed by atoms with van der Waals surface area (Å²) in [6.07, 6.45) is 8.16. The average molecular weight is 318 g/mol. The SMILES string of the molecule is Cc1nonc1CN1CCC2(CCCN(C3CCCC3)C2=O)C1. The molecule has 1 aromatic heterocycles. The maximum Gasteiger partial charge on any atom is 0.230 e. The Morgan fingerprint density at radius 1 is 1.17 bits per heavy atom. The van der Waals surface area contributed by atoms with Crippen LogP contribution in [0, 0.1) is 12.3 Å². The highest BCUT2D eigenvalue weighted by Gasteiger charge is 2.49. The molecule has 3 fully saturated rings. The van der Waals surface area contributed by atoms with Crippen LogP contribution in [0.3, 0.4) is 0 Å². The lowest BCUT2D eigenvalue weighted by molar-refractivity contribution is -0.148. The second kappa shape index (κ2) is 5.89. The number of nitrogens with zero attached hydrogens (tertiary/aromatic N) is 4. The summed E-state index contributed by atoms with van der Waals surface area (Å²) in [6, 6.07) is 0.510. The topological polar surface area (TPSA) is 62.5 Å². The lowest BCUT2D eigenvalue weighted by atomic mass is 9.77. The van der Waals surface area contributed by atoms with E-state index >= 15 is 0 Å². The van der Waals surface area contributed by atoms with Gasteiger partial charge in [-0.1, -0.05) is 23.2 Å². The minimum atomic E-state index is -0.147. The number of piperidine rings is 1. The molecule has 0 aromatic carbocycles. The number of hydrogen-bond acceptors (Lipinski definition) is 5.